The zero-order chi connectivity index (χ0) is 19.4. The summed E-state index contributed by atoms with van der Waals surface area (Å²) in [5.41, 5.74) is -1.80. The van der Waals surface area contributed by atoms with E-state index in [9.17, 15) is 9.59 Å². The van der Waals surface area contributed by atoms with Crippen LogP contribution in [0.2, 0.25) is 0 Å². The molecule has 0 radical (unpaired) electrons. The van der Waals surface area contributed by atoms with E-state index in [2.05, 4.69) is 6.92 Å². The largest absolute Gasteiger partial charge is 0.463 e. The third-order valence-electron chi connectivity index (χ3n) is 6.99. The minimum Gasteiger partial charge on any atom is -0.463 e. The Balaban J connectivity index is 1.82. The average molecular weight is 371 g/mol. The third-order valence-corrected chi connectivity index (χ3v) is 6.99. The second-order valence-electron chi connectivity index (χ2n) is 8.89. The summed E-state index contributed by atoms with van der Waals surface area (Å²) in [6, 6.07) is 9.93. The van der Waals surface area contributed by atoms with Crippen molar-refractivity contribution in [2.75, 3.05) is 6.61 Å². The van der Waals surface area contributed by atoms with Gasteiger partial charge in [0, 0.05) is 17.9 Å². The first-order valence-electron chi connectivity index (χ1n) is 10.0. The predicted octanol–water partition coefficient (Wildman–Crippen LogP) is 3.52. The highest BCUT2D eigenvalue weighted by Gasteiger charge is 2.82. The minimum atomic E-state index is -1.54. The van der Waals surface area contributed by atoms with Crippen LogP contribution in [0.1, 0.15) is 52.5 Å². The van der Waals surface area contributed by atoms with Gasteiger partial charge in [0.1, 0.15) is 5.72 Å². The molecule has 146 valence electrons. The van der Waals surface area contributed by atoms with E-state index in [0.29, 0.717) is 12.5 Å². The molecule has 1 aromatic carbocycles. The van der Waals surface area contributed by atoms with Crippen LogP contribution >= 0.6 is 0 Å². The van der Waals surface area contributed by atoms with Crippen LogP contribution in [0.4, 0.5) is 0 Å². The Kier molecular flexibility index (Phi) is 4.15. The van der Waals surface area contributed by atoms with Gasteiger partial charge in [-0.3, -0.25) is 4.79 Å². The molecule has 1 saturated carbocycles. The van der Waals surface area contributed by atoms with Gasteiger partial charge in [0.2, 0.25) is 0 Å². The average Bonchev–Trinajstić information content (AvgIpc) is 2.99. The normalized spacial score (nSPS) is 36.6. The van der Waals surface area contributed by atoms with E-state index in [4.69, 9.17) is 9.47 Å². The number of fused-ring (bicyclic) bond motifs is 1. The molecule has 2 aliphatic heterocycles. The molecule has 0 aromatic heterocycles. The van der Waals surface area contributed by atoms with Gasteiger partial charge < -0.3 is 14.4 Å². The first-order valence-corrected chi connectivity index (χ1v) is 10.0. The number of carbonyl (C=O) groups is 2. The second kappa shape index (κ2) is 6.06. The summed E-state index contributed by atoms with van der Waals surface area (Å²) in [5.74, 6) is -0.205. The Labute approximate surface area is 161 Å². The highest BCUT2D eigenvalue weighted by molar-refractivity contribution is 6.10. The van der Waals surface area contributed by atoms with E-state index in [1.165, 1.54) is 0 Å². The van der Waals surface area contributed by atoms with Crippen LogP contribution < -0.4 is 0 Å². The van der Waals surface area contributed by atoms with Crippen LogP contribution in [0.3, 0.4) is 0 Å². The predicted molar refractivity (Wildman–Crippen MR) is 100 cm³/mol. The van der Waals surface area contributed by atoms with Gasteiger partial charge in [0.15, 0.2) is 0 Å². The second-order valence-corrected chi connectivity index (χ2v) is 8.89. The quantitative estimate of drug-likeness (QED) is 0.600. The number of amides is 1. The molecule has 3 aliphatic rings. The van der Waals surface area contributed by atoms with Gasteiger partial charge in [0.25, 0.3) is 11.5 Å². The zero-order valence-electron chi connectivity index (χ0n) is 16.7. The number of esters is 1. The lowest BCUT2D eigenvalue weighted by Gasteiger charge is -2.52. The molecular weight excluding hydrogens is 342 g/mol. The number of piperidine rings is 1. The van der Waals surface area contributed by atoms with Crippen LogP contribution in [-0.4, -0.2) is 34.7 Å². The number of hydrogen-bond acceptors (Lipinski definition) is 4. The van der Waals surface area contributed by atoms with Gasteiger partial charge in [-0.25, -0.2) is 4.79 Å². The van der Waals surface area contributed by atoms with Crippen LogP contribution in [0, 0.1) is 17.3 Å². The Morgan fingerprint density at radius 2 is 1.96 bits per heavy atom. The molecule has 5 nitrogen and oxygen atoms in total. The van der Waals surface area contributed by atoms with E-state index in [1.807, 2.05) is 49.1 Å². The Hall–Kier alpha value is -1.88. The van der Waals surface area contributed by atoms with Crippen molar-refractivity contribution in [2.24, 2.45) is 17.3 Å². The Morgan fingerprint density at radius 1 is 1.26 bits per heavy atom. The van der Waals surface area contributed by atoms with Gasteiger partial charge in [-0.05, 0) is 31.2 Å². The molecule has 4 unspecified atom stereocenters. The summed E-state index contributed by atoms with van der Waals surface area (Å²) >= 11 is 0. The van der Waals surface area contributed by atoms with Gasteiger partial charge in [-0.15, -0.1) is 0 Å². The molecule has 3 fully saturated rings. The highest BCUT2D eigenvalue weighted by atomic mass is 16.6. The maximum Gasteiger partial charge on any atom is 0.349 e. The van der Waals surface area contributed by atoms with E-state index >= 15 is 0 Å². The van der Waals surface area contributed by atoms with E-state index in [-0.39, 0.29) is 18.4 Å². The fraction of sp³-hybridized carbons (Fsp3) is 0.636. The topological polar surface area (TPSA) is 55.8 Å². The molecule has 4 rings (SSSR count). The maximum atomic E-state index is 13.7. The molecule has 1 aliphatic carbocycles. The third kappa shape index (κ3) is 2.27. The van der Waals surface area contributed by atoms with Crippen molar-refractivity contribution in [2.45, 2.75) is 64.8 Å². The molecule has 2 heterocycles. The molecule has 1 aromatic rings. The van der Waals surface area contributed by atoms with Crippen molar-refractivity contribution in [1.82, 2.24) is 4.90 Å². The smallest absolute Gasteiger partial charge is 0.349 e. The Morgan fingerprint density at radius 3 is 2.63 bits per heavy atom. The minimum absolute atomic E-state index is 0.118. The SMILES string of the molecule is CCOC(=O)C12OC3(CC(C)CCC3C1(C)C)N(Cc1ccccc1)C2=O. The summed E-state index contributed by atoms with van der Waals surface area (Å²) in [4.78, 5) is 28.6. The number of hydrogen-bond donors (Lipinski definition) is 0. The van der Waals surface area contributed by atoms with E-state index in [0.717, 1.165) is 24.8 Å². The number of likely N-dealkylation sites (tertiary alicyclic amines) is 1. The molecule has 0 N–H and O–H groups in total. The molecular formula is C22H29NO4. The van der Waals surface area contributed by atoms with Crippen molar-refractivity contribution in [3.63, 3.8) is 0 Å². The van der Waals surface area contributed by atoms with Crippen LogP contribution in [0.15, 0.2) is 30.3 Å². The fourth-order valence-electron chi connectivity index (χ4n) is 5.73. The van der Waals surface area contributed by atoms with Crippen molar-refractivity contribution < 1.29 is 19.1 Å². The lowest BCUT2D eigenvalue weighted by Crippen LogP contribution is -2.66. The molecule has 2 bridgehead atoms. The lowest BCUT2D eigenvalue weighted by atomic mass is 9.58. The first-order chi connectivity index (χ1) is 12.8. The van der Waals surface area contributed by atoms with Gasteiger partial charge in [-0.2, -0.15) is 0 Å². The summed E-state index contributed by atoms with van der Waals surface area (Å²) in [5, 5.41) is 0. The first kappa shape index (κ1) is 18.5. The molecule has 1 spiro atoms. The number of rotatable bonds is 4. The Bertz CT molecular complexity index is 761. The van der Waals surface area contributed by atoms with Crippen LogP contribution in [0.5, 0.6) is 0 Å². The number of carbonyl (C=O) groups excluding carboxylic acids is 2. The summed E-state index contributed by atoms with van der Waals surface area (Å²) in [6.07, 6.45) is 2.81. The van der Waals surface area contributed by atoms with E-state index in [1.54, 1.807) is 6.92 Å². The number of ether oxygens (including phenoxy) is 2. The van der Waals surface area contributed by atoms with Crippen molar-refractivity contribution in [3.05, 3.63) is 35.9 Å². The number of benzene rings is 1. The van der Waals surface area contributed by atoms with Gasteiger partial charge >= 0.3 is 5.97 Å². The lowest BCUT2D eigenvalue weighted by molar-refractivity contribution is -0.180. The van der Waals surface area contributed by atoms with E-state index < -0.39 is 22.7 Å². The molecule has 4 atom stereocenters. The molecule has 1 amide bonds. The summed E-state index contributed by atoms with van der Waals surface area (Å²) in [6.45, 7) is 8.67. The fourth-order valence-corrected chi connectivity index (χ4v) is 5.73. The van der Waals surface area contributed by atoms with Gasteiger partial charge in [0.05, 0.1) is 6.61 Å². The monoisotopic (exact) mass is 371 g/mol. The zero-order valence-corrected chi connectivity index (χ0v) is 16.7. The molecule has 27 heavy (non-hydrogen) atoms. The van der Waals surface area contributed by atoms with Crippen molar-refractivity contribution >= 4 is 11.9 Å². The van der Waals surface area contributed by atoms with Crippen molar-refractivity contribution in [3.8, 4) is 0 Å². The standard InChI is InChI=1S/C22H29NO4/c1-5-26-19(25)22-18(24)23(14-16-9-7-6-8-10-16)21(27-22)13-15(2)11-12-17(21)20(22,3)4/h6-10,15,17H,5,11-14H2,1-4H3. The van der Waals surface area contributed by atoms with Gasteiger partial charge in [-0.1, -0.05) is 57.5 Å². The number of nitrogens with zero attached hydrogens (tertiary/aromatic N) is 1. The van der Waals surface area contributed by atoms with Crippen LogP contribution in [-0.2, 0) is 25.6 Å². The van der Waals surface area contributed by atoms with Crippen molar-refractivity contribution in [1.29, 1.82) is 0 Å². The molecule has 5 heteroatoms. The summed E-state index contributed by atoms with van der Waals surface area (Å²) < 4.78 is 11.9. The molecule has 2 saturated heterocycles. The highest BCUT2D eigenvalue weighted by Crippen LogP contribution is 2.67. The van der Waals surface area contributed by atoms with Crippen LogP contribution in [0.25, 0.3) is 0 Å². The summed E-state index contributed by atoms with van der Waals surface area (Å²) in [7, 11) is 0. The maximum absolute atomic E-state index is 13.7.